The monoisotopic (exact) mass is 315 g/mol. The zero-order chi connectivity index (χ0) is 10.8. The summed E-state index contributed by atoms with van der Waals surface area (Å²) in [4.78, 5) is 22.5. The first kappa shape index (κ1) is 10.6. The maximum atomic E-state index is 11.6. The highest BCUT2D eigenvalue weighted by Gasteiger charge is 2.27. The molecule has 78 valence electrons. The van der Waals surface area contributed by atoms with Gasteiger partial charge in [0.05, 0.1) is 5.92 Å². The van der Waals surface area contributed by atoms with E-state index in [9.17, 15) is 9.59 Å². The number of rotatable bonds is 1. The number of carbonyl (C=O) groups is 2. The Kier molecular flexibility index (Phi) is 3.04. The Morgan fingerprint density at radius 1 is 1.20 bits per heavy atom. The van der Waals surface area contributed by atoms with E-state index in [0.29, 0.717) is 12.8 Å². The molecule has 1 aliphatic rings. The molecule has 4 heteroatoms. The van der Waals surface area contributed by atoms with E-state index in [4.69, 9.17) is 0 Å². The van der Waals surface area contributed by atoms with Gasteiger partial charge in [-0.1, -0.05) is 12.1 Å². The SMILES string of the molecule is O=C1CCC(c2ccc(I)cc2)C(=O)N1. The summed E-state index contributed by atoms with van der Waals surface area (Å²) in [5, 5.41) is 2.36. The van der Waals surface area contributed by atoms with Crippen LogP contribution in [0.3, 0.4) is 0 Å². The fourth-order valence-corrected chi connectivity index (χ4v) is 2.07. The zero-order valence-corrected chi connectivity index (χ0v) is 10.2. The van der Waals surface area contributed by atoms with E-state index in [1.165, 1.54) is 0 Å². The number of piperidine rings is 1. The van der Waals surface area contributed by atoms with Gasteiger partial charge in [-0.15, -0.1) is 0 Å². The van der Waals surface area contributed by atoms with E-state index in [1.54, 1.807) is 0 Å². The number of benzene rings is 1. The quantitative estimate of drug-likeness (QED) is 0.635. The van der Waals surface area contributed by atoms with Gasteiger partial charge in [0.15, 0.2) is 0 Å². The second-order valence-electron chi connectivity index (χ2n) is 3.56. The summed E-state index contributed by atoms with van der Waals surface area (Å²) < 4.78 is 1.14. The van der Waals surface area contributed by atoms with E-state index >= 15 is 0 Å². The molecule has 0 aliphatic carbocycles. The van der Waals surface area contributed by atoms with Crippen molar-refractivity contribution < 1.29 is 9.59 Å². The number of hydrogen-bond donors (Lipinski definition) is 1. The first-order valence-electron chi connectivity index (χ1n) is 4.76. The molecule has 0 radical (unpaired) electrons. The standard InChI is InChI=1S/C11H10INO2/c12-8-3-1-7(2-4-8)9-5-6-10(14)13-11(9)15/h1-4,9H,5-6H2,(H,13,14,15). The maximum Gasteiger partial charge on any atom is 0.234 e. The molecule has 1 aromatic carbocycles. The van der Waals surface area contributed by atoms with Crippen molar-refractivity contribution in [2.45, 2.75) is 18.8 Å². The largest absolute Gasteiger partial charge is 0.296 e. The molecule has 1 atom stereocenters. The predicted molar refractivity (Wildman–Crippen MR) is 64.3 cm³/mol. The molecule has 1 heterocycles. The second-order valence-corrected chi connectivity index (χ2v) is 4.80. The summed E-state index contributed by atoms with van der Waals surface area (Å²) in [5.74, 6) is -0.506. The van der Waals surface area contributed by atoms with Crippen molar-refractivity contribution >= 4 is 34.4 Å². The lowest BCUT2D eigenvalue weighted by Crippen LogP contribution is -2.39. The van der Waals surface area contributed by atoms with Crippen LogP contribution >= 0.6 is 22.6 Å². The number of halogens is 1. The van der Waals surface area contributed by atoms with Gasteiger partial charge >= 0.3 is 0 Å². The zero-order valence-electron chi connectivity index (χ0n) is 8.00. The van der Waals surface area contributed by atoms with E-state index in [1.807, 2.05) is 24.3 Å². The van der Waals surface area contributed by atoms with Gasteiger partial charge in [0.2, 0.25) is 11.8 Å². The molecule has 1 aliphatic heterocycles. The number of imide groups is 1. The molecule has 0 bridgehead atoms. The number of carbonyl (C=O) groups excluding carboxylic acids is 2. The minimum atomic E-state index is -0.174. The molecule has 15 heavy (non-hydrogen) atoms. The normalized spacial score (nSPS) is 21.3. The van der Waals surface area contributed by atoms with Gasteiger partial charge in [-0.05, 0) is 46.7 Å². The molecule has 1 saturated heterocycles. The smallest absolute Gasteiger partial charge is 0.234 e. The summed E-state index contributed by atoms with van der Waals surface area (Å²) >= 11 is 2.22. The van der Waals surface area contributed by atoms with Crippen LogP contribution in [0.15, 0.2) is 24.3 Å². The van der Waals surface area contributed by atoms with E-state index in [-0.39, 0.29) is 17.7 Å². The van der Waals surface area contributed by atoms with Crippen molar-refractivity contribution in [3.05, 3.63) is 33.4 Å². The van der Waals surface area contributed by atoms with Crippen molar-refractivity contribution in [3.8, 4) is 0 Å². The molecule has 0 saturated carbocycles. The fourth-order valence-electron chi connectivity index (χ4n) is 1.71. The van der Waals surface area contributed by atoms with Crippen LogP contribution < -0.4 is 5.32 Å². The van der Waals surface area contributed by atoms with Gasteiger partial charge in [-0.25, -0.2) is 0 Å². The Hall–Kier alpha value is -0.910. The van der Waals surface area contributed by atoms with Crippen LogP contribution in [0.2, 0.25) is 0 Å². The van der Waals surface area contributed by atoms with Crippen LogP contribution in [0.1, 0.15) is 24.3 Å². The molecule has 2 amide bonds. The van der Waals surface area contributed by atoms with Crippen LogP contribution in [0.25, 0.3) is 0 Å². The highest BCUT2D eigenvalue weighted by Crippen LogP contribution is 2.24. The van der Waals surface area contributed by atoms with Crippen LogP contribution in [0, 0.1) is 3.57 Å². The van der Waals surface area contributed by atoms with E-state index < -0.39 is 0 Å². The van der Waals surface area contributed by atoms with Crippen molar-refractivity contribution in [1.29, 1.82) is 0 Å². The van der Waals surface area contributed by atoms with E-state index in [2.05, 4.69) is 27.9 Å². The fraction of sp³-hybridized carbons (Fsp3) is 0.273. The number of amides is 2. The Bertz CT molecular complexity index is 400. The Morgan fingerprint density at radius 2 is 1.87 bits per heavy atom. The molecule has 1 aromatic rings. The first-order valence-corrected chi connectivity index (χ1v) is 5.84. The molecule has 1 fully saturated rings. The first-order chi connectivity index (χ1) is 7.16. The van der Waals surface area contributed by atoms with Gasteiger partial charge in [0.25, 0.3) is 0 Å². The summed E-state index contributed by atoms with van der Waals surface area (Å²) in [7, 11) is 0. The summed E-state index contributed by atoms with van der Waals surface area (Å²) in [6.45, 7) is 0. The summed E-state index contributed by atoms with van der Waals surface area (Å²) in [5.41, 5.74) is 0.986. The maximum absolute atomic E-state index is 11.6. The third-order valence-corrected chi connectivity index (χ3v) is 3.23. The minimum Gasteiger partial charge on any atom is -0.296 e. The van der Waals surface area contributed by atoms with Gasteiger partial charge in [0.1, 0.15) is 0 Å². The van der Waals surface area contributed by atoms with Crippen LogP contribution in [0.5, 0.6) is 0 Å². The molecule has 0 spiro atoms. The van der Waals surface area contributed by atoms with E-state index in [0.717, 1.165) is 9.13 Å². The molecule has 1 N–H and O–H groups in total. The lowest BCUT2D eigenvalue weighted by Gasteiger charge is -2.20. The molecule has 1 unspecified atom stereocenters. The summed E-state index contributed by atoms with van der Waals surface area (Å²) in [6, 6.07) is 7.84. The number of nitrogens with one attached hydrogen (secondary N) is 1. The minimum absolute atomic E-state index is 0.165. The van der Waals surface area contributed by atoms with Crippen LogP contribution in [-0.4, -0.2) is 11.8 Å². The number of hydrogen-bond acceptors (Lipinski definition) is 2. The summed E-state index contributed by atoms with van der Waals surface area (Å²) in [6.07, 6.45) is 1.05. The van der Waals surface area contributed by atoms with Crippen LogP contribution in [-0.2, 0) is 9.59 Å². The molecule has 2 rings (SSSR count). The van der Waals surface area contributed by atoms with Crippen LogP contribution in [0.4, 0.5) is 0 Å². The van der Waals surface area contributed by atoms with Crippen molar-refractivity contribution in [3.63, 3.8) is 0 Å². The Balaban J connectivity index is 2.20. The predicted octanol–water partition coefficient (Wildman–Crippen LogP) is 1.81. The molecule has 0 aromatic heterocycles. The lowest BCUT2D eigenvalue weighted by atomic mass is 9.91. The van der Waals surface area contributed by atoms with Crippen molar-refractivity contribution in [2.75, 3.05) is 0 Å². The van der Waals surface area contributed by atoms with Crippen molar-refractivity contribution in [2.24, 2.45) is 0 Å². The molecular weight excluding hydrogens is 305 g/mol. The second kappa shape index (κ2) is 4.30. The highest BCUT2D eigenvalue weighted by atomic mass is 127. The third-order valence-electron chi connectivity index (χ3n) is 2.51. The average molecular weight is 315 g/mol. The highest BCUT2D eigenvalue weighted by molar-refractivity contribution is 14.1. The van der Waals surface area contributed by atoms with Gasteiger partial charge in [-0.3, -0.25) is 14.9 Å². The van der Waals surface area contributed by atoms with Gasteiger partial charge in [-0.2, -0.15) is 0 Å². The topological polar surface area (TPSA) is 46.2 Å². The molecular formula is C11H10INO2. The average Bonchev–Trinajstić information content (AvgIpc) is 2.20. The lowest BCUT2D eigenvalue weighted by molar-refractivity contribution is -0.134. The van der Waals surface area contributed by atoms with Gasteiger partial charge < -0.3 is 0 Å². The van der Waals surface area contributed by atoms with Gasteiger partial charge in [0, 0.05) is 9.99 Å². The Morgan fingerprint density at radius 3 is 2.47 bits per heavy atom. The third kappa shape index (κ3) is 2.37. The Labute approximate surface area is 101 Å². The van der Waals surface area contributed by atoms with Crippen molar-refractivity contribution in [1.82, 2.24) is 5.32 Å². The molecule has 3 nitrogen and oxygen atoms in total.